The Morgan fingerprint density at radius 1 is 1.00 bits per heavy atom. The second-order valence-electron chi connectivity index (χ2n) is 10.0. The number of rotatable bonds is 9. The number of ether oxygens (including phenoxy) is 1. The van der Waals surface area contributed by atoms with Gasteiger partial charge in [-0.05, 0) is 67.9 Å². The number of nitrogens with zero attached hydrogens (tertiary/aromatic N) is 2. The van der Waals surface area contributed by atoms with Crippen LogP contribution in [0.25, 0.3) is 11.3 Å². The number of piperidine rings is 1. The number of methoxy groups -OCH3 is 1. The molecular formula is C32H31N5O5. The summed E-state index contributed by atoms with van der Waals surface area (Å²) in [7, 11) is 1.31. The van der Waals surface area contributed by atoms with Crippen LogP contribution in [-0.2, 0) is 14.4 Å². The third-order valence-corrected chi connectivity index (χ3v) is 7.36. The number of anilines is 2. The first kappa shape index (κ1) is 28.5. The zero-order valence-corrected chi connectivity index (χ0v) is 23.2. The van der Waals surface area contributed by atoms with E-state index in [0.717, 1.165) is 31.5 Å². The van der Waals surface area contributed by atoms with E-state index in [2.05, 4.69) is 27.1 Å². The van der Waals surface area contributed by atoms with Crippen molar-refractivity contribution in [2.45, 2.75) is 12.8 Å². The molecule has 2 aliphatic heterocycles. The van der Waals surface area contributed by atoms with Crippen LogP contribution in [0.3, 0.4) is 0 Å². The summed E-state index contributed by atoms with van der Waals surface area (Å²) in [4.78, 5) is 45.4. The van der Waals surface area contributed by atoms with Crippen molar-refractivity contribution in [3.8, 4) is 6.07 Å². The monoisotopic (exact) mass is 565 g/mol. The third-order valence-electron chi connectivity index (χ3n) is 7.36. The predicted octanol–water partition coefficient (Wildman–Crippen LogP) is 4.30. The summed E-state index contributed by atoms with van der Waals surface area (Å²) >= 11 is 0. The molecule has 0 radical (unpaired) electrons. The lowest BCUT2D eigenvalue weighted by molar-refractivity contribution is -0.110. The highest BCUT2D eigenvalue weighted by atomic mass is 16.7. The summed E-state index contributed by atoms with van der Waals surface area (Å²) in [5.74, 6) is -1.03. The van der Waals surface area contributed by atoms with Crippen molar-refractivity contribution in [1.29, 1.82) is 5.26 Å². The maximum Gasteiger partial charge on any atom is 0.337 e. The van der Waals surface area contributed by atoms with Crippen molar-refractivity contribution in [3.05, 3.63) is 95.1 Å². The Labute approximate surface area is 243 Å². The van der Waals surface area contributed by atoms with Gasteiger partial charge >= 0.3 is 5.97 Å². The maximum absolute atomic E-state index is 13.2. The summed E-state index contributed by atoms with van der Waals surface area (Å²) < 4.78 is 4.81. The molecule has 10 nitrogen and oxygen atoms in total. The van der Waals surface area contributed by atoms with Crippen LogP contribution >= 0.6 is 0 Å². The first-order chi connectivity index (χ1) is 20.5. The molecule has 2 aliphatic rings. The molecule has 3 aromatic rings. The Hall–Kier alpha value is -4.98. The molecule has 214 valence electrons. The normalized spacial score (nSPS) is 16.1. The largest absolute Gasteiger partial charge is 0.465 e. The first-order valence-corrected chi connectivity index (χ1v) is 13.7. The van der Waals surface area contributed by atoms with E-state index in [-0.39, 0.29) is 17.7 Å². The summed E-state index contributed by atoms with van der Waals surface area (Å²) in [6, 6.07) is 23.6. The van der Waals surface area contributed by atoms with Crippen LogP contribution in [-0.4, -0.2) is 56.0 Å². The number of esters is 1. The number of benzene rings is 3. The quantitative estimate of drug-likeness (QED) is 0.151. The van der Waals surface area contributed by atoms with E-state index in [1.54, 1.807) is 42.5 Å². The molecule has 10 heteroatoms. The van der Waals surface area contributed by atoms with Crippen LogP contribution < -0.4 is 16.1 Å². The number of hydrogen-bond acceptors (Lipinski definition) is 8. The molecule has 0 saturated carbocycles. The minimum atomic E-state index is -0.489. The SMILES string of the molecule is COC(=O)c1ccc2c(c1)NC(=O)/C2=C(/Nc1ccc(C(=O)NOCCN2CCC(C#N)CC2)cc1)c1ccccc1. The van der Waals surface area contributed by atoms with Crippen molar-refractivity contribution in [2.24, 2.45) is 5.92 Å². The highest BCUT2D eigenvalue weighted by Crippen LogP contribution is 2.38. The van der Waals surface area contributed by atoms with Gasteiger partial charge < -0.3 is 20.3 Å². The fourth-order valence-electron chi connectivity index (χ4n) is 5.03. The van der Waals surface area contributed by atoms with Crippen LogP contribution in [0.1, 0.15) is 44.7 Å². The molecule has 0 bridgehead atoms. The minimum Gasteiger partial charge on any atom is -0.465 e. The Balaban J connectivity index is 1.27. The van der Waals surface area contributed by atoms with Crippen molar-refractivity contribution >= 4 is 40.4 Å². The topological polar surface area (TPSA) is 133 Å². The molecule has 1 fully saturated rings. The number of hydrogen-bond donors (Lipinski definition) is 3. The van der Waals surface area contributed by atoms with E-state index in [9.17, 15) is 14.4 Å². The van der Waals surface area contributed by atoms with Crippen molar-refractivity contribution in [2.75, 3.05) is 44.0 Å². The van der Waals surface area contributed by atoms with Gasteiger partial charge in [0.2, 0.25) is 0 Å². The third kappa shape index (κ3) is 6.49. The number of carbonyl (C=O) groups is 3. The first-order valence-electron chi connectivity index (χ1n) is 13.7. The number of hydroxylamine groups is 1. The Kier molecular flexibility index (Phi) is 8.92. The molecule has 5 rings (SSSR count). The fraction of sp³-hybridized carbons (Fsp3) is 0.250. The Morgan fingerprint density at radius 2 is 1.71 bits per heavy atom. The summed E-state index contributed by atoms with van der Waals surface area (Å²) in [5, 5.41) is 15.2. The lowest BCUT2D eigenvalue weighted by Gasteiger charge is -2.28. The van der Waals surface area contributed by atoms with Gasteiger partial charge in [-0.25, -0.2) is 10.3 Å². The summed E-state index contributed by atoms with van der Waals surface area (Å²) in [5.41, 5.74) is 6.90. The zero-order chi connectivity index (χ0) is 29.5. The lowest BCUT2D eigenvalue weighted by Crippen LogP contribution is -2.37. The number of fused-ring (bicyclic) bond motifs is 1. The fourth-order valence-corrected chi connectivity index (χ4v) is 5.03. The highest BCUT2D eigenvalue weighted by Gasteiger charge is 2.29. The van der Waals surface area contributed by atoms with Crippen LogP contribution in [0.5, 0.6) is 0 Å². The molecule has 0 aliphatic carbocycles. The molecule has 0 unspecified atom stereocenters. The maximum atomic E-state index is 13.2. The van der Waals surface area contributed by atoms with Crippen LogP contribution in [0, 0.1) is 17.2 Å². The Morgan fingerprint density at radius 3 is 2.40 bits per heavy atom. The number of amides is 2. The van der Waals surface area contributed by atoms with Gasteiger partial charge in [-0.15, -0.1) is 0 Å². The average Bonchev–Trinajstić information content (AvgIpc) is 3.36. The van der Waals surface area contributed by atoms with Crippen molar-refractivity contribution < 1.29 is 24.0 Å². The van der Waals surface area contributed by atoms with Gasteiger partial charge in [-0.3, -0.25) is 14.4 Å². The van der Waals surface area contributed by atoms with E-state index < -0.39 is 5.97 Å². The summed E-state index contributed by atoms with van der Waals surface area (Å²) in [6.45, 7) is 2.74. The Bertz CT molecular complexity index is 1540. The molecular weight excluding hydrogens is 534 g/mol. The lowest BCUT2D eigenvalue weighted by atomic mass is 9.99. The van der Waals surface area contributed by atoms with E-state index in [0.29, 0.717) is 52.5 Å². The minimum absolute atomic E-state index is 0.131. The summed E-state index contributed by atoms with van der Waals surface area (Å²) in [6.07, 6.45) is 1.72. The van der Waals surface area contributed by atoms with Crippen LogP contribution in [0.15, 0.2) is 72.8 Å². The molecule has 0 spiro atoms. The molecule has 2 amide bonds. The van der Waals surface area contributed by atoms with Gasteiger partial charge in [-0.1, -0.05) is 36.4 Å². The standard InChI is InChI=1S/C32H31N5O5/c1-41-32(40)24-9-12-26-27(19-24)35-31(39)28(26)29(22-5-3-2-4-6-22)34-25-10-7-23(8-11-25)30(38)36-42-18-17-37-15-13-21(20-33)14-16-37/h2-12,19,21,34H,13-18H2,1H3,(H,35,39)(H,36,38)/b29-28+. The van der Waals surface area contributed by atoms with Gasteiger partial charge in [0.25, 0.3) is 11.8 Å². The van der Waals surface area contributed by atoms with E-state index in [4.69, 9.17) is 14.8 Å². The van der Waals surface area contributed by atoms with Gasteiger partial charge in [0, 0.05) is 29.3 Å². The highest BCUT2D eigenvalue weighted by molar-refractivity contribution is 6.37. The average molecular weight is 566 g/mol. The number of likely N-dealkylation sites (tertiary alicyclic amines) is 1. The smallest absolute Gasteiger partial charge is 0.337 e. The molecule has 0 atom stereocenters. The second-order valence-corrected chi connectivity index (χ2v) is 10.0. The number of nitrogens with one attached hydrogen (secondary N) is 3. The van der Waals surface area contributed by atoms with Gasteiger partial charge in [0.05, 0.1) is 42.3 Å². The van der Waals surface area contributed by atoms with Crippen molar-refractivity contribution in [3.63, 3.8) is 0 Å². The molecule has 1 saturated heterocycles. The predicted molar refractivity (Wildman–Crippen MR) is 158 cm³/mol. The van der Waals surface area contributed by atoms with Gasteiger partial charge in [0.15, 0.2) is 0 Å². The van der Waals surface area contributed by atoms with Gasteiger partial charge in [0.1, 0.15) is 0 Å². The van der Waals surface area contributed by atoms with Crippen LogP contribution in [0.2, 0.25) is 0 Å². The second kappa shape index (κ2) is 13.1. The van der Waals surface area contributed by atoms with Crippen molar-refractivity contribution in [1.82, 2.24) is 10.4 Å². The number of nitriles is 1. The van der Waals surface area contributed by atoms with E-state index in [1.165, 1.54) is 7.11 Å². The van der Waals surface area contributed by atoms with Crippen LogP contribution in [0.4, 0.5) is 11.4 Å². The molecule has 3 aromatic carbocycles. The molecule has 42 heavy (non-hydrogen) atoms. The van der Waals surface area contributed by atoms with E-state index >= 15 is 0 Å². The number of carbonyl (C=O) groups excluding carboxylic acids is 3. The zero-order valence-electron chi connectivity index (χ0n) is 23.2. The molecule has 3 N–H and O–H groups in total. The van der Waals surface area contributed by atoms with Gasteiger partial charge in [-0.2, -0.15) is 5.26 Å². The molecule has 2 heterocycles. The molecule has 0 aromatic heterocycles. The van der Waals surface area contributed by atoms with E-state index in [1.807, 2.05) is 30.3 Å².